The Balaban J connectivity index is 1.57. The standard InChI is InChI=1S/C17H24N4O2/c1-17(2,20-16(23)19-14-6-4-3-5-7-14)15(22)21-10-12-8-18-9-13(12)11-21/h3-7,12-13,18H,8-11H2,1-2H3,(H2,19,20,23)/t12-,13+. The molecule has 2 aliphatic rings. The molecule has 3 N–H and O–H groups in total. The van der Waals surface area contributed by atoms with Gasteiger partial charge >= 0.3 is 6.03 Å². The van der Waals surface area contributed by atoms with E-state index in [2.05, 4.69) is 16.0 Å². The topological polar surface area (TPSA) is 73.5 Å². The van der Waals surface area contributed by atoms with E-state index in [1.54, 1.807) is 13.8 Å². The van der Waals surface area contributed by atoms with Gasteiger partial charge in [0, 0.05) is 31.9 Å². The van der Waals surface area contributed by atoms with Crippen molar-refractivity contribution in [2.24, 2.45) is 11.8 Å². The van der Waals surface area contributed by atoms with Gasteiger partial charge in [-0.3, -0.25) is 4.79 Å². The fraction of sp³-hybridized carbons (Fsp3) is 0.529. The highest BCUT2D eigenvalue weighted by Crippen LogP contribution is 2.28. The number of benzene rings is 1. The fourth-order valence-corrected chi connectivity index (χ4v) is 3.44. The van der Waals surface area contributed by atoms with Crippen molar-refractivity contribution in [1.29, 1.82) is 0 Å². The van der Waals surface area contributed by atoms with Gasteiger partial charge in [0.25, 0.3) is 0 Å². The number of rotatable bonds is 3. The van der Waals surface area contributed by atoms with E-state index in [9.17, 15) is 9.59 Å². The Bertz CT molecular complexity index is 576. The zero-order valence-electron chi connectivity index (χ0n) is 13.6. The van der Waals surface area contributed by atoms with Crippen LogP contribution in [0.15, 0.2) is 30.3 Å². The first kappa shape index (κ1) is 15.8. The molecule has 0 spiro atoms. The lowest BCUT2D eigenvalue weighted by Crippen LogP contribution is -2.56. The molecule has 2 aliphatic heterocycles. The maximum atomic E-state index is 12.7. The molecule has 2 atom stereocenters. The molecule has 3 amide bonds. The van der Waals surface area contributed by atoms with Crippen LogP contribution in [0.3, 0.4) is 0 Å². The molecule has 0 radical (unpaired) electrons. The fourth-order valence-electron chi connectivity index (χ4n) is 3.44. The normalized spacial score (nSPS) is 23.5. The molecule has 6 nitrogen and oxygen atoms in total. The Morgan fingerprint density at radius 2 is 1.74 bits per heavy atom. The van der Waals surface area contributed by atoms with E-state index < -0.39 is 5.54 Å². The van der Waals surface area contributed by atoms with Crippen molar-refractivity contribution in [2.75, 3.05) is 31.5 Å². The Kier molecular flexibility index (Phi) is 4.26. The van der Waals surface area contributed by atoms with Gasteiger partial charge in [0.1, 0.15) is 5.54 Å². The Morgan fingerprint density at radius 3 is 2.35 bits per heavy atom. The van der Waals surface area contributed by atoms with Gasteiger partial charge < -0.3 is 20.9 Å². The Labute approximate surface area is 136 Å². The van der Waals surface area contributed by atoms with Crippen molar-refractivity contribution in [3.8, 4) is 0 Å². The molecule has 0 bridgehead atoms. The number of amides is 3. The number of nitrogens with zero attached hydrogens (tertiary/aromatic N) is 1. The molecule has 2 heterocycles. The first-order chi connectivity index (χ1) is 11.0. The molecule has 0 saturated carbocycles. The second-order valence-corrected chi connectivity index (χ2v) is 6.96. The number of carbonyl (C=O) groups excluding carboxylic acids is 2. The number of hydrogen-bond acceptors (Lipinski definition) is 3. The van der Waals surface area contributed by atoms with E-state index in [1.165, 1.54) is 0 Å². The lowest BCUT2D eigenvalue weighted by molar-refractivity contribution is -0.135. The number of nitrogens with one attached hydrogen (secondary N) is 3. The van der Waals surface area contributed by atoms with E-state index in [1.807, 2.05) is 35.2 Å². The number of urea groups is 1. The van der Waals surface area contributed by atoms with Crippen molar-refractivity contribution in [1.82, 2.24) is 15.5 Å². The van der Waals surface area contributed by atoms with E-state index in [-0.39, 0.29) is 11.9 Å². The van der Waals surface area contributed by atoms with Crippen molar-refractivity contribution < 1.29 is 9.59 Å². The highest BCUT2D eigenvalue weighted by molar-refractivity contribution is 5.95. The highest BCUT2D eigenvalue weighted by atomic mass is 16.2. The Hall–Kier alpha value is -2.08. The van der Waals surface area contributed by atoms with Gasteiger partial charge in [-0.15, -0.1) is 0 Å². The number of hydrogen-bond donors (Lipinski definition) is 3. The van der Waals surface area contributed by atoms with Crippen LogP contribution in [0.4, 0.5) is 10.5 Å². The van der Waals surface area contributed by atoms with Crippen LogP contribution in [-0.4, -0.2) is 48.6 Å². The predicted molar refractivity (Wildman–Crippen MR) is 89.1 cm³/mol. The summed E-state index contributed by atoms with van der Waals surface area (Å²) >= 11 is 0. The summed E-state index contributed by atoms with van der Waals surface area (Å²) in [4.78, 5) is 26.8. The SMILES string of the molecule is CC(C)(NC(=O)Nc1ccccc1)C(=O)N1C[C@H]2CNC[C@H]2C1. The average Bonchev–Trinajstić information content (AvgIpc) is 3.07. The lowest BCUT2D eigenvalue weighted by Gasteiger charge is -2.30. The molecule has 2 fully saturated rings. The number of likely N-dealkylation sites (tertiary alicyclic amines) is 1. The molecule has 0 aliphatic carbocycles. The summed E-state index contributed by atoms with van der Waals surface area (Å²) in [5.41, 5.74) is -0.222. The van der Waals surface area contributed by atoms with Crippen LogP contribution in [0.5, 0.6) is 0 Å². The molecule has 2 saturated heterocycles. The summed E-state index contributed by atoms with van der Waals surface area (Å²) in [5.74, 6) is 1.08. The zero-order valence-corrected chi connectivity index (χ0v) is 13.6. The molecule has 3 rings (SSSR count). The highest BCUT2D eigenvalue weighted by Gasteiger charge is 2.42. The average molecular weight is 316 g/mol. The molecule has 0 unspecified atom stereocenters. The quantitative estimate of drug-likeness (QED) is 0.786. The van der Waals surface area contributed by atoms with Gasteiger partial charge in [0.15, 0.2) is 0 Å². The van der Waals surface area contributed by atoms with Gasteiger partial charge in [0.2, 0.25) is 5.91 Å². The van der Waals surface area contributed by atoms with E-state index >= 15 is 0 Å². The minimum absolute atomic E-state index is 0.0184. The molecular formula is C17H24N4O2. The summed E-state index contributed by atoms with van der Waals surface area (Å²) in [6.45, 7) is 7.04. The van der Waals surface area contributed by atoms with E-state index in [0.717, 1.165) is 26.2 Å². The van der Waals surface area contributed by atoms with Crippen LogP contribution >= 0.6 is 0 Å². The number of fused-ring (bicyclic) bond motifs is 1. The molecule has 23 heavy (non-hydrogen) atoms. The summed E-state index contributed by atoms with van der Waals surface area (Å²) in [7, 11) is 0. The smallest absolute Gasteiger partial charge is 0.320 e. The van der Waals surface area contributed by atoms with Crippen molar-refractivity contribution in [3.63, 3.8) is 0 Å². The van der Waals surface area contributed by atoms with Crippen molar-refractivity contribution in [3.05, 3.63) is 30.3 Å². The van der Waals surface area contributed by atoms with Crippen molar-refractivity contribution >= 4 is 17.6 Å². The zero-order chi connectivity index (χ0) is 16.4. The summed E-state index contributed by atoms with van der Waals surface area (Å²) in [6, 6.07) is 8.84. The minimum atomic E-state index is -0.926. The molecule has 6 heteroatoms. The van der Waals surface area contributed by atoms with Crippen LogP contribution in [0, 0.1) is 11.8 Å². The molecule has 0 aromatic heterocycles. The van der Waals surface area contributed by atoms with E-state index in [4.69, 9.17) is 0 Å². The monoisotopic (exact) mass is 316 g/mol. The van der Waals surface area contributed by atoms with Crippen LogP contribution < -0.4 is 16.0 Å². The van der Waals surface area contributed by atoms with Gasteiger partial charge in [-0.25, -0.2) is 4.79 Å². The number of anilines is 1. The number of carbonyl (C=O) groups is 2. The third-order valence-corrected chi connectivity index (χ3v) is 4.67. The molecular weight excluding hydrogens is 292 g/mol. The van der Waals surface area contributed by atoms with E-state index in [0.29, 0.717) is 17.5 Å². The first-order valence-electron chi connectivity index (χ1n) is 8.10. The predicted octanol–water partition coefficient (Wildman–Crippen LogP) is 1.26. The Morgan fingerprint density at radius 1 is 1.13 bits per heavy atom. The van der Waals surface area contributed by atoms with Crippen LogP contribution in [0.2, 0.25) is 0 Å². The van der Waals surface area contributed by atoms with Gasteiger partial charge in [0.05, 0.1) is 0 Å². The third kappa shape index (κ3) is 3.47. The second-order valence-electron chi connectivity index (χ2n) is 6.96. The van der Waals surface area contributed by atoms with Gasteiger partial charge in [-0.2, -0.15) is 0 Å². The van der Waals surface area contributed by atoms with Crippen LogP contribution in [0.25, 0.3) is 0 Å². The summed E-state index contributed by atoms with van der Waals surface area (Å²) < 4.78 is 0. The van der Waals surface area contributed by atoms with Crippen LogP contribution in [0.1, 0.15) is 13.8 Å². The molecule has 1 aromatic carbocycles. The molecule has 124 valence electrons. The molecule has 1 aromatic rings. The maximum Gasteiger partial charge on any atom is 0.320 e. The number of para-hydroxylation sites is 1. The minimum Gasteiger partial charge on any atom is -0.340 e. The summed E-state index contributed by atoms with van der Waals surface area (Å²) in [6.07, 6.45) is 0. The second kappa shape index (κ2) is 6.20. The van der Waals surface area contributed by atoms with Crippen molar-refractivity contribution in [2.45, 2.75) is 19.4 Å². The van der Waals surface area contributed by atoms with Crippen LogP contribution in [-0.2, 0) is 4.79 Å². The third-order valence-electron chi connectivity index (χ3n) is 4.67. The maximum absolute atomic E-state index is 12.7. The van der Waals surface area contributed by atoms with Gasteiger partial charge in [-0.1, -0.05) is 18.2 Å². The largest absolute Gasteiger partial charge is 0.340 e. The lowest BCUT2D eigenvalue weighted by atomic mass is 10.0. The van der Waals surface area contributed by atoms with Gasteiger partial charge in [-0.05, 0) is 37.8 Å². The summed E-state index contributed by atoms with van der Waals surface area (Å²) in [5, 5.41) is 8.91. The first-order valence-corrected chi connectivity index (χ1v) is 8.10.